The lowest BCUT2D eigenvalue weighted by Gasteiger charge is -2.14. The molecule has 0 amide bonds. The van der Waals surface area contributed by atoms with Crippen LogP contribution in [0.3, 0.4) is 0 Å². The van der Waals surface area contributed by atoms with E-state index in [4.69, 9.17) is 10.00 Å². The van der Waals surface area contributed by atoms with E-state index in [9.17, 15) is 0 Å². The van der Waals surface area contributed by atoms with Crippen LogP contribution in [0.2, 0.25) is 0 Å². The predicted octanol–water partition coefficient (Wildman–Crippen LogP) is 2.70. The average Bonchev–Trinajstić information content (AvgIpc) is 2.30. The summed E-state index contributed by atoms with van der Waals surface area (Å²) in [4.78, 5) is 0. The van der Waals surface area contributed by atoms with Gasteiger partial charge < -0.3 is 4.74 Å². The van der Waals surface area contributed by atoms with Gasteiger partial charge >= 0.3 is 0 Å². The summed E-state index contributed by atoms with van der Waals surface area (Å²) in [6.07, 6.45) is 7.42. The Morgan fingerprint density at radius 3 is 2.50 bits per heavy atom. The van der Waals surface area contributed by atoms with Gasteiger partial charge in [0.2, 0.25) is 0 Å². The third-order valence-corrected chi connectivity index (χ3v) is 2.07. The van der Waals surface area contributed by atoms with Crippen molar-refractivity contribution in [3.8, 4) is 6.07 Å². The molecule has 0 saturated carbocycles. The van der Waals surface area contributed by atoms with Gasteiger partial charge in [0.1, 0.15) is 6.10 Å². The van der Waals surface area contributed by atoms with Crippen molar-refractivity contribution in [3.05, 3.63) is 59.9 Å². The molecule has 0 radical (unpaired) electrons. The van der Waals surface area contributed by atoms with Gasteiger partial charge in [0, 0.05) is 0 Å². The summed E-state index contributed by atoms with van der Waals surface area (Å²) in [5.74, 6) is 0. The van der Waals surface area contributed by atoms with E-state index in [0.717, 1.165) is 5.56 Å². The highest BCUT2D eigenvalue weighted by atomic mass is 16.5. The highest BCUT2D eigenvalue weighted by molar-refractivity contribution is 5.34. The minimum absolute atomic E-state index is 0.0206. The van der Waals surface area contributed by atoms with Gasteiger partial charge in [-0.2, -0.15) is 5.26 Å². The van der Waals surface area contributed by atoms with Gasteiger partial charge in [0.05, 0.1) is 17.9 Å². The molecule has 0 bridgehead atoms. The second-order valence-corrected chi connectivity index (χ2v) is 3.00. The molecule has 0 aliphatic carbocycles. The molecule has 2 heteroatoms. The fraction of sp³-hybridized carbons (Fsp3) is 0.0833. The van der Waals surface area contributed by atoms with Crippen molar-refractivity contribution in [2.75, 3.05) is 0 Å². The number of nitriles is 1. The quantitative estimate of drug-likeness (QED) is 0.670. The Bertz CT molecular complexity index is 409. The van der Waals surface area contributed by atoms with Crippen molar-refractivity contribution in [2.45, 2.75) is 6.10 Å². The van der Waals surface area contributed by atoms with Gasteiger partial charge in [-0.3, -0.25) is 0 Å². The first-order chi connectivity index (χ1) is 6.90. The average molecular weight is 183 g/mol. The molecule has 0 unspecified atom stereocenters. The molecule has 0 N–H and O–H groups in total. The second kappa shape index (κ2) is 3.80. The van der Waals surface area contributed by atoms with E-state index >= 15 is 0 Å². The van der Waals surface area contributed by atoms with E-state index in [1.807, 2.05) is 30.4 Å². The van der Waals surface area contributed by atoms with Crippen LogP contribution >= 0.6 is 0 Å². The van der Waals surface area contributed by atoms with Crippen LogP contribution in [0.5, 0.6) is 0 Å². The number of benzene rings is 1. The maximum Gasteiger partial charge on any atom is 0.141 e. The zero-order valence-corrected chi connectivity index (χ0v) is 7.55. The molecular weight excluding hydrogens is 174 g/mol. The molecule has 2 rings (SSSR count). The first kappa shape index (κ1) is 8.58. The van der Waals surface area contributed by atoms with Crippen molar-refractivity contribution in [3.63, 3.8) is 0 Å². The van der Waals surface area contributed by atoms with Gasteiger partial charge in [0.15, 0.2) is 0 Å². The summed E-state index contributed by atoms with van der Waals surface area (Å²) >= 11 is 0. The zero-order chi connectivity index (χ0) is 9.80. The van der Waals surface area contributed by atoms with Crippen molar-refractivity contribution >= 4 is 0 Å². The topological polar surface area (TPSA) is 33.0 Å². The van der Waals surface area contributed by atoms with E-state index in [1.165, 1.54) is 0 Å². The van der Waals surface area contributed by atoms with Crippen LogP contribution in [0.1, 0.15) is 17.2 Å². The number of ether oxygens (including phenoxy) is 1. The van der Waals surface area contributed by atoms with Gasteiger partial charge in [-0.05, 0) is 29.8 Å². The summed E-state index contributed by atoms with van der Waals surface area (Å²) in [5.41, 5.74) is 1.73. The zero-order valence-electron chi connectivity index (χ0n) is 7.55. The van der Waals surface area contributed by atoms with E-state index < -0.39 is 0 Å². The molecule has 1 aliphatic rings. The van der Waals surface area contributed by atoms with Crippen LogP contribution in [0, 0.1) is 11.3 Å². The van der Waals surface area contributed by atoms with E-state index in [0.29, 0.717) is 5.56 Å². The Labute approximate surface area is 82.7 Å². The Kier molecular flexibility index (Phi) is 2.33. The third kappa shape index (κ3) is 1.67. The summed E-state index contributed by atoms with van der Waals surface area (Å²) in [7, 11) is 0. The largest absolute Gasteiger partial charge is 0.489 e. The van der Waals surface area contributed by atoms with Crippen molar-refractivity contribution in [1.82, 2.24) is 0 Å². The molecule has 14 heavy (non-hydrogen) atoms. The molecule has 1 aromatic rings. The summed E-state index contributed by atoms with van der Waals surface area (Å²) in [6, 6.07) is 9.50. The monoisotopic (exact) mass is 183 g/mol. The van der Waals surface area contributed by atoms with Crippen LogP contribution < -0.4 is 0 Å². The summed E-state index contributed by atoms with van der Waals surface area (Å²) in [6.45, 7) is 0. The standard InChI is InChI=1S/C12H9NO/c13-9-10-4-6-11(7-5-10)12-3-1-2-8-14-12/h1-8,12H/t12-/m1/s1. The van der Waals surface area contributed by atoms with Crippen LogP contribution in [0.15, 0.2) is 48.8 Å². The third-order valence-electron chi connectivity index (χ3n) is 2.07. The molecule has 0 spiro atoms. The van der Waals surface area contributed by atoms with E-state index in [-0.39, 0.29) is 6.10 Å². The lowest BCUT2D eigenvalue weighted by Crippen LogP contribution is -1.98. The number of allylic oxidation sites excluding steroid dienone is 2. The fourth-order valence-electron chi connectivity index (χ4n) is 1.32. The molecule has 1 aromatic carbocycles. The van der Waals surface area contributed by atoms with Crippen LogP contribution in [0.4, 0.5) is 0 Å². The van der Waals surface area contributed by atoms with E-state index in [2.05, 4.69) is 6.07 Å². The van der Waals surface area contributed by atoms with Gasteiger partial charge in [0.25, 0.3) is 0 Å². The Hall–Kier alpha value is -2.01. The molecule has 0 fully saturated rings. The predicted molar refractivity (Wildman–Crippen MR) is 53.3 cm³/mol. The summed E-state index contributed by atoms with van der Waals surface area (Å²) in [5, 5.41) is 8.63. The summed E-state index contributed by atoms with van der Waals surface area (Å²) < 4.78 is 5.39. The maximum atomic E-state index is 8.63. The van der Waals surface area contributed by atoms with Gasteiger partial charge in [-0.25, -0.2) is 0 Å². The highest BCUT2D eigenvalue weighted by Crippen LogP contribution is 2.21. The van der Waals surface area contributed by atoms with Crippen LogP contribution in [0.25, 0.3) is 0 Å². The van der Waals surface area contributed by atoms with Crippen LogP contribution in [-0.2, 0) is 4.74 Å². The Morgan fingerprint density at radius 2 is 1.93 bits per heavy atom. The molecule has 1 atom stereocenters. The van der Waals surface area contributed by atoms with Crippen molar-refractivity contribution < 1.29 is 4.74 Å². The van der Waals surface area contributed by atoms with E-state index in [1.54, 1.807) is 18.4 Å². The molecular formula is C12H9NO. The molecule has 1 aliphatic heterocycles. The van der Waals surface area contributed by atoms with Gasteiger partial charge in [-0.15, -0.1) is 0 Å². The molecule has 0 aromatic heterocycles. The first-order valence-electron chi connectivity index (χ1n) is 4.39. The normalized spacial score (nSPS) is 18.6. The molecule has 2 nitrogen and oxygen atoms in total. The lowest BCUT2D eigenvalue weighted by atomic mass is 10.1. The lowest BCUT2D eigenvalue weighted by molar-refractivity contribution is 0.186. The minimum atomic E-state index is -0.0206. The molecule has 1 heterocycles. The number of nitrogens with zero attached hydrogens (tertiary/aromatic N) is 1. The SMILES string of the molecule is N#Cc1ccc([C@H]2C=CC=CO2)cc1. The smallest absolute Gasteiger partial charge is 0.141 e. The first-order valence-corrected chi connectivity index (χ1v) is 4.39. The minimum Gasteiger partial charge on any atom is -0.489 e. The number of hydrogen-bond acceptors (Lipinski definition) is 2. The number of rotatable bonds is 1. The second-order valence-electron chi connectivity index (χ2n) is 3.00. The van der Waals surface area contributed by atoms with Crippen molar-refractivity contribution in [1.29, 1.82) is 5.26 Å². The van der Waals surface area contributed by atoms with Gasteiger partial charge in [-0.1, -0.05) is 18.2 Å². The van der Waals surface area contributed by atoms with Crippen LogP contribution in [-0.4, -0.2) is 0 Å². The van der Waals surface area contributed by atoms with Crippen molar-refractivity contribution in [2.24, 2.45) is 0 Å². The molecule has 0 saturated heterocycles. The molecule has 68 valence electrons. The maximum absolute atomic E-state index is 8.63. The Balaban J connectivity index is 2.21. The Morgan fingerprint density at radius 1 is 1.14 bits per heavy atom. The highest BCUT2D eigenvalue weighted by Gasteiger charge is 2.08. The number of hydrogen-bond donors (Lipinski definition) is 0. The fourth-order valence-corrected chi connectivity index (χ4v) is 1.32.